The number of aromatic nitrogens is 2. The van der Waals surface area contributed by atoms with Crippen LogP contribution in [0.1, 0.15) is 49.1 Å². The molecule has 3 aromatic rings. The Kier molecular flexibility index (Phi) is 8.64. The summed E-state index contributed by atoms with van der Waals surface area (Å²) < 4.78 is 30.9. The SMILES string of the molecule is CC(C)(c1ccc(OCc2ccnc(NS(C)(=O)=O)n2)cc1)c1cc(Cl)c(N2CCC(CO)CC2)c(C#N)c1. The van der Waals surface area contributed by atoms with Crippen LogP contribution in [0.5, 0.6) is 5.75 Å². The summed E-state index contributed by atoms with van der Waals surface area (Å²) in [6.45, 7) is 6.01. The molecule has 206 valence electrons. The Labute approximate surface area is 234 Å². The maximum absolute atomic E-state index is 11.4. The molecule has 1 aliphatic heterocycles. The topological polar surface area (TPSA) is 128 Å². The second-order valence-electron chi connectivity index (χ2n) is 10.3. The summed E-state index contributed by atoms with van der Waals surface area (Å²) in [6.07, 6.45) is 4.24. The zero-order chi connectivity index (χ0) is 28.2. The number of piperidine rings is 1. The maximum Gasteiger partial charge on any atom is 0.236 e. The van der Waals surface area contributed by atoms with Gasteiger partial charge in [0.25, 0.3) is 0 Å². The third-order valence-corrected chi connectivity index (χ3v) is 7.89. The average Bonchev–Trinajstić information content (AvgIpc) is 2.91. The highest BCUT2D eigenvalue weighted by atomic mass is 35.5. The molecule has 1 aliphatic rings. The van der Waals surface area contributed by atoms with E-state index in [0.29, 0.717) is 27.9 Å². The van der Waals surface area contributed by atoms with Crippen LogP contribution in [0.4, 0.5) is 11.6 Å². The first-order valence-corrected chi connectivity index (χ1v) is 14.9. The molecule has 0 spiro atoms. The van der Waals surface area contributed by atoms with Crippen LogP contribution in [0.15, 0.2) is 48.7 Å². The first kappa shape index (κ1) is 28.6. The molecule has 2 aromatic carbocycles. The third-order valence-electron chi connectivity index (χ3n) is 7.05. The largest absolute Gasteiger partial charge is 0.487 e. The zero-order valence-corrected chi connectivity index (χ0v) is 23.8. The number of halogens is 1. The van der Waals surface area contributed by atoms with Crippen LogP contribution < -0.4 is 14.4 Å². The number of hydrogen-bond acceptors (Lipinski definition) is 8. The molecule has 0 radical (unpaired) electrons. The van der Waals surface area contributed by atoms with Gasteiger partial charge in [0, 0.05) is 31.3 Å². The molecule has 0 atom stereocenters. The Morgan fingerprint density at radius 2 is 1.87 bits per heavy atom. The fraction of sp³-hybridized carbons (Fsp3) is 0.393. The van der Waals surface area contributed by atoms with Crippen molar-refractivity contribution in [2.45, 2.75) is 38.7 Å². The Balaban J connectivity index is 1.48. The first-order valence-electron chi connectivity index (χ1n) is 12.6. The summed E-state index contributed by atoms with van der Waals surface area (Å²) >= 11 is 6.77. The van der Waals surface area contributed by atoms with E-state index >= 15 is 0 Å². The van der Waals surface area contributed by atoms with Gasteiger partial charge in [-0.3, -0.25) is 4.72 Å². The van der Waals surface area contributed by atoms with E-state index in [1.807, 2.05) is 36.4 Å². The van der Waals surface area contributed by atoms with Gasteiger partial charge in [0.15, 0.2) is 0 Å². The molecule has 1 aromatic heterocycles. The standard InChI is InChI=1S/C28H32ClN5O4S/c1-28(2,22-14-20(16-30)26(25(29)15-22)34-12-9-19(17-35)10-13-34)21-4-6-24(7-5-21)38-18-23-8-11-31-27(32-23)33-39(3,36)37/h4-8,11,14-15,19,35H,9-10,12-13,17-18H2,1-3H3,(H,31,32,33). The van der Waals surface area contributed by atoms with Crippen LogP contribution in [0.2, 0.25) is 5.02 Å². The third kappa shape index (κ3) is 6.98. The van der Waals surface area contributed by atoms with Gasteiger partial charge in [0.1, 0.15) is 18.4 Å². The Morgan fingerprint density at radius 1 is 1.18 bits per heavy atom. The van der Waals surface area contributed by atoms with Crippen LogP contribution >= 0.6 is 11.6 Å². The molecule has 9 nitrogen and oxygen atoms in total. The molecule has 0 bridgehead atoms. The lowest BCUT2D eigenvalue weighted by atomic mass is 9.77. The minimum absolute atomic E-state index is 0.00763. The molecule has 4 rings (SSSR count). The van der Waals surface area contributed by atoms with Gasteiger partial charge in [0.05, 0.1) is 28.2 Å². The van der Waals surface area contributed by atoms with Gasteiger partial charge in [-0.15, -0.1) is 0 Å². The van der Waals surface area contributed by atoms with Gasteiger partial charge in [-0.25, -0.2) is 18.4 Å². The van der Waals surface area contributed by atoms with E-state index in [-0.39, 0.29) is 19.2 Å². The minimum Gasteiger partial charge on any atom is -0.487 e. The number of aliphatic hydroxyl groups excluding tert-OH is 1. The fourth-order valence-electron chi connectivity index (χ4n) is 4.69. The number of anilines is 2. The van der Waals surface area contributed by atoms with E-state index in [4.69, 9.17) is 16.3 Å². The molecule has 0 aliphatic carbocycles. The van der Waals surface area contributed by atoms with E-state index in [9.17, 15) is 18.8 Å². The van der Waals surface area contributed by atoms with Crippen molar-refractivity contribution in [1.82, 2.24) is 9.97 Å². The lowest BCUT2D eigenvalue weighted by Crippen LogP contribution is -2.35. The number of nitrogens with one attached hydrogen (secondary N) is 1. The maximum atomic E-state index is 11.4. The lowest BCUT2D eigenvalue weighted by molar-refractivity contribution is 0.203. The number of nitrogens with zero attached hydrogens (tertiary/aromatic N) is 4. The van der Waals surface area contributed by atoms with Crippen molar-refractivity contribution in [2.24, 2.45) is 5.92 Å². The van der Waals surface area contributed by atoms with Crippen LogP contribution in [-0.4, -0.2) is 49.4 Å². The molecule has 11 heteroatoms. The summed E-state index contributed by atoms with van der Waals surface area (Å²) in [6, 6.07) is 15.5. The van der Waals surface area contributed by atoms with Gasteiger partial charge in [-0.2, -0.15) is 5.26 Å². The van der Waals surface area contributed by atoms with E-state index in [0.717, 1.165) is 49.0 Å². The summed E-state index contributed by atoms with van der Waals surface area (Å²) in [5.74, 6) is 0.918. The number of nitriles is 1. The Bertz CT molecular complexity index is 1460. The molecule has 2 heterocycles. The molecular formula is C28H32ClN5O4S. The van der Waals surface area contributed by atoms with Crippen molar-refractivity contribution in [3.63, 3.8) is 0 Å². The predicted octanol–water partition coefficient (Wildman–Crippen LogP) is 4.49. The molecule has 1 saturated heterocycles. The highest BCUT2D eigenvalue weighted by Gasteiger charge is 2.28. The van der Waals surface area contributed by atoms with Crippen LogP contribution in [0.3, 0.4) is 0 Å². The number of rotatable bonds is 9. The van der Waals surface area contributed by atoms with Crippen molar-refractivity contribution >= 4 is 33.3 Å². The monoisotopic (exact) mass is 569 g/mol. The van der Waals surface area contributed by atoms with Crippen molar-refractivity contribution < 1.29 is 18.3 Å². The van der Waals surface area contributed by atoms with Crippen molar-refractivity contribution in [3.05, 3.63) is 76.1 Å². The number of ether oxygens (including phenoxy) is 1. The Morgan fingerprint density at radius 3 is 2.49 bits per heavy atom. The highest BCUT2D eigenvalue weighted by molar-refractivity contribution is 7.91. The molecule has 2 N–H and O–H groups in total. The van der Waals surface area contributed by atoms with Crippen LogP contribution in [0.25, 0.3) is 0 Å². The van der Waals surface area contributed by atoms with Crippen molar-refractivity contribution in [1.29, 1.82) is 5.26 Å². The van der Waals surface area contributed by atoms with Gasteiger partial charge in [0.2, 0.25) is 16.0 Å². The second kappa shape index (κ2) is 11.8. The lowest BCUT2D eigenvalue weighted by Gasteiger charge is -2.35. The van der Waals surface area contributed by atoms with E-state index in [1.165, 1.54) is 6.20 Å². The molecule has 1 fully saturated rings. The summed E-state index contributed by atoms with van der Waals surface area (Å²) in [5.41, 5.74) is 3.35. The number of benzene rings is 2. The summed E-state index contributed by atoms with van der Waals surface area (Å²) in [4.78, 5) is 10.2. The van der Waals surface area contributed by atoms with Gasteiger partial charge in [-0.05, 0) is 60.2 Å². The fourth-order valence-corrected chi connectivity index (χ4v) is 5.46. The quantitative estimate of drug-likeness (QED) is 0.386. The van der Waals surface area contributed by atoms with Gasteiger partial charge < -0.3 is 14.7 Å². The molecule has 0 amide bonds. The summed E-state index contributed by atoms with van der Waals surface area (Å²) in [7, 11) is -3.47. The average molecular weight is 570 g/mol. The first-order chi connectivity index (χ1) is 18.5. The number of aliphatic hydroxyl groups is 1. The molecular weight excluding hydrogens is 538 g/mol. The minimum atomic E-state index is -3.47. The highest BCUT2D eigenvalue weighted by Crippen LogP contribution is 2.40. The number of hydrogen-bond donors (Lipinski definition) is 2. The van der Waals surface area contributed by atoms with Crippen molar-refractivity contribution in [3.8, 4) is 11.8 Å². The van der Waals surface area contributed by atoms with Gasteiger partial charge >= 0.3 is 0 Å². The van der Waals surface area contributed by atoms with Gasteiger partial charge in [-0.1, -0.05) is 37.6 Å². The predicted molar refractivity (Wildman–Crippen MR) is 152 cm³/mol. The van der Waals surface area contributed by atoms with Crippen LogP contribution in [0, 0.1) is 17.2 Å². The Hall–Kier alpha value is -3.39. The van der Waals surface area contributed by atoms with Crippen LogP contribution in [-0.2, 0) is 22.0 Å². The van der Waals surface area contributed by atoms with Crippen molar-refractivity contribution in [2.75, 3.05) is 35.6 Å². The van der Waals surface area contributed by atoms with E-state index < -0.39 is 15.4 Å². The second-order valence-corrected chi connectivity index (χ2v) is 12.4. The molecule has 0 saturated carbocycles. The smallest absolute Gasteiger partial charge is 0.236 e. The molecule has 39 heavy (non-hydrogen) atoms. The van der Waals surface area contributed by atoms with E-state index in [1.54, 1.807) is 6.07 Å². The summed E-state index contributed by atoms with van der Waals surface area (Å²) in [5, 5.41) is 20.0. The normalized spacial score (nSPS) is 14.6. The van der Waals surface area contributed by atoms with E-state index in [2.05, 4.69) is 39.5 Å². The zero-order valence-electron chi connectivity index (χ0n) is 22.2. The molecule has 0 unspecified atom stereocenters. The number of sulfonamides is 1.